The van der Waals surface area contributed by atoms with Crippen LogP contribution in [0.4, 0.5) is 0 Å². The molecule has 0 atom stereocenters. The van der Waals surface area contributed by atoms with Crippen molar-refractivity contribution in [1.29, 1.82) is 0 Å². The molecule has 0 saturated heterocycles. The maximum atomic E-state index is 12.2. The monoisotopic (exact) mass is 284 g/mol. The third kappa shape index (κ3) is 3.85. The van der Waals surface area contributed by atoms with Crippen LogP contribution in [0, 0.1) is 6.92 Å². The predicted octanol–water partition coefficient (Wildman–Crippen LogP) is 3.83. The number of methoxy groups -OCH3 is 2. The zero-order valence-electron chi connectivity index (χ0n) is 12.7. The first-order valence-electron chi connectivity index (χ1n) is 6.95. The second-order valence-corrected chi connectivity index (χ2v) is 4.96. The Bertz CT molecular complexity index is 615. The van der Waals surface area contributed by atoms with E-state index in [4.69, 9.17) is 9.47 Å². The van der Waals surface area contributed by atoms with Gasteiger partial charge in [-0.25, -0.2) is 0 Å². The van der Waals surface area contributed by atoms with Gasteiger partial charge in [0.1, 0.15) is 11.5 Å². The molecular weight excluding hydrogens is 264 g/mol. The van der Waals surface area contributed by atoms with Gasteiger partial charge in [0, 0.05) is 12.0 Å². The van der Waals surface area contributed by atoms with E-state index < -0.39 is 0 Å². The molecule has 3 nitrogen and oxygen atoms in total. The van der Waals surface area contributed by atoms with Crippen molar-refractivity contribution >= 4 is 5.78 Å². The standard InChI is InChI=1S/C18H20O3/c1-13-4-8-15(12-18(13)21-3)17(19)11-7-14-5-9-16(20-2)10-6-14/h4-6,8-10,12H,7,11H2,1-3H3. The number of rotatable bonds is 6. The van der Waals surface area contributed by atoms with E-state index in [0.29, 0.717) is 12.0 Å². The summed E-state index contributed by atoms with van der Waals surface area (Å²) >= 11 is 0. The minimum absolute atomic E-state index is 0.129. The summed E-state index contributed by atoms with van der Waals surface area (Å²) in [5, 5.41) is 0. The second kappa shape index (κ2) is 6.93. The van der Waals surface area contributed by atoms with E-state index >= 15 is 0 Å². The summed E-state index contributed by atoms with van der Waals surface area (Å²) in [5.41, 5.74) is 2.86. The van der Waals surface area contributed by atoms with Crippen LogP contribution in [0.15, 0.2) is 42.5 Å². The number of ether oxygens (including phenoxy) is 2. The Balaban J connectivity index is 2.00. The van der Waals surface area contributed by atoms with Gasteiger partial charge in [-0.05, 0) is 42.7 Å². The number of carbonyl (C=O) groups is 1. The second-order valence-electron chi connectivity index (χ2n) is 4.96. The Hall–Kier alpha value is -2.29. The molecule has 0 fully saturated rings. The quantitative estimate of drug-likeness (QED) is 0.756. The van der Waals surface area contributed by atoms with Gasteiger partial charge in [0.2, 0.25) is 0 Å². The molecule has 0 radical (unpaired) electrons. The van der Waals surface area contributed by atoms with E-state index in [1.54, 1.807) is 14.2 Å². The summed E-state index contributed by atoms with van der Waals surface area (Å²) in [4.78, 5) is 12.2. The van der Waals surface area contributed by atoms with Crippen LogP contribution in [0.3, 0.4) is 0 Å². The molecule has 0 heterocycles. The first-order chi connectivity index (χ1) is 10.1. The summed E-state index contributed by atoms with van der Waals surface area (Å²) in [6.07, 6.45) is 1.21. The molecule has 110 valence electrons. The Morgan fingerprint density at radius 2 is 1.71 bits per heavy atom. The fourth-order valence-corrected chi connectivity index (χ4v) is 2.19. The summed E-state index contributed by atoms with van der Waals surface area (Å²) < 4.78 is 10.4. The lowest BCUT2D eigenvalue weighted by atomic mass is 10.0. The van der Waals surface area contributed by atoms with E-state index in [9.17, 15) is 4.79 Å². The molecule has 0 bridgehead atoms. The average molecular weight is 284 g/mol. The summed E-state index contributed by atoms with van der Waals surface area (Å²) in [5.74, 6) is 1.71. The fraction of sp³-hybridized carbons (Fsp3) is 0.278. The van der Waals surface area contributed by atoms with E-state index in [0.717, 1.165) is 29.0 Å². The molecule has 3 heteroatoms. The average Bonchev–Trinajstić information content (AvgIpc) is 2.53. The van der Waals surface area contributed by atoms with Gasteiger partial charge in [0.05, 0.1) is 14.2 Å². The SMILES string of the molecule is COc1ccc(CCC(=O)c2ccc(C)c(OC)c2)cc1. The summed E-state index contributed by atoms with van der Waals surface area (Å²) in [6.45, 7) is 1.96. The molecule has 0 amide bonds. The van der Waals surface area contributed by atoms with Gasteiger partial charge in [0.25, 0.3) is 0 Å². The maximum Gasteiger partial charge on any atom is 0.163 e. The van der Waals surface area contributed by atoms with Gasteiger partial charge < -0.3 is 9.47 Å². The van der Waals surface area contributed by atoms with Gasteiger partial charge >= 0.3 is 0 Å². The molecule has 0 saturated carbocycles. The van der Waals surface area contributed by atoms with E-state index in [2.05, 4.69) is 0 Å². The van der Waals surface area contributed by atoms with Crippen LogP contribution in [-0.4, -0.2) is 20.0 Å². The number of hydrogen-bond acceptors (Lipinski definition) is 3. The molecule has 0 spiro atoms. The Morgan fingerprint density at radius 1 is 1.00 bits per heavy atom. The molecule has 0 N–H and O–H groups in total. The number of carbonyl (C=O) groups excluding carboxylic acids is 1. The fourth-order valence-electron chi connectivity index (χ4n) is 2.19. The van der Waals surface area contributed by atoms with Crippen LogP contribution in [0.25, 0.3) is 0 Å². The Morgan fingerprint density at radius 3 is 2.33 bits per heavy atom. The van der Waals surface area contributed by atoms with Gasteiger partial charge in [-0.1, -0.05) is 24.3 Å². The maximum absolute atomic E-state index is 12.2. The molecular formula is C18H20O3. The minimum atomic E-state index is 0.129. The Kier molecular flexibility index (Phi) is 4.99. The first-order valence-corrected chi connectivity index (χ1v) is 6.95. The molecule has 2 rings (SSSR count). The lowest BCUT2D eigenvalue weighted by Gasteiger charge is -2.07. The molecule has 0 unspecified atom stereocenters. The third-order valence-corrected chi connectivity index (χ3v) is 3.53. The van der Waals surface area contributed by atoms with Crippen LogP contribution in [0.1, 0.15) is 27.9 Å². The molecule has 0 aromatic heterocycles. The van der Waals surface area contributed by atoms with Crippen LogP contribution in [-0.2, 0) is 6.42 Å². The molecule has 21 heavy (non-hydrogen) atoms. The zero-order chi connectivity index (χ0) is 15.2. The van der Waals surface area contributed by atoms with E-state index in [-0.39, 0.29) is 5.78 Å². The lowest BCUT2D eigenvalue weighted by molar-refractivity contribution is 0.0982. The zero-order valence-corrected chi connectivity index (χ0v) is 12.7. The smallest absolute Gasteiger partial charge is 0.163 e. The van der Waals surface area contributed by atoms with E-state index in [1.165, 1.54) is 0 Å². The van der Waals surface area contributed by atoms with Gasteiger partial charge in [0.15, 0.2) is 5.78 Å². The highest BCUT2D eigenvalue weighted by molar-refractivity contribution is 5.96. The largest absolute Gasteiger partial charge is 0.497 e. The first kappa shape index (κ1) is 15.1. The van der Waals surface area contributed by atoms with Crippen LogP contribution in [0.5, 0.6) is 11.5 Å². The lowest BCUT2D eigenvalue weighted by Crippen LogP contribution is -2.02. The highest BCUT2D eigenvalue weighted by Crippen LogP contribution is 2.20. The number of benzene rings is 2. The van der Waals surface area contributed by atoms with Crippen molar-refractivity contribution in [2.24, 2.45) is 0 Å². The summed E-state index contributed by atoms with van der Waals surface area (Å²) in [7, 11) is 3.26. The van der Waals surface area contributed by atoms with Crippen molar-refractivity contribution in [2.45, 2.75) is 19.8 Å². The van der Waals surface area contributed by atoms with Crippen LogP contribution >= 0.6 is 0 Å². The number of hydrogen-bond donors (Lipinski definition) is 0. The highest BCUT2D eigenvalue weighted by atomic mass is 16.5. The topological polar surface area (TPSA) is 35.5 Å². The molecule has 2 aromatic rings. The summed E-state index contributed by atoms with van der Waals surface area (Å²) in [6, 6.07) is 13.4. The van der Waals surface area contributed by atoms with Crippen molar-refractivity contribution in [3.63, 3.8) is 0 Å². The molecule has 0 aliphatic heterocycles. The normalized spacial score (nSPS) is 10.2. The molecule has 0 aliphatic carbocycles. The van der Waals surface area contributed by atoms with Crippen molar-refractivity contribution in [3.8, 4) is 11.5 Å². The van der Waals surface area contributed by atoms with Crippen molar-refractivity contribution < 1.29 is 14.3 Å². The van der Waals surface area contributed by atoms with Gasteiger partial charge in [-0.3, -0.25) is 4.79 Å². The number of aryl methyl sites for hydroxylation is 2. The number of Topliss-reactive ketones (excluding diaryl/α,β-unsaturated/α-hetero) is 1. The third-order valence-electron chi connectivity index (χ3n) is 3.53. The predicted molar refractivity (Wildman–Crippen MR) is 83.4 cm³/mol. The van der Waals surface area contributed by atoms with Crippen molar-refractivity contribution in [2.75, 3.05) is 14.2 Å². The highest BCUT2D eigenvalue weighted by Gasteiger charge is 2.09. The van der Waals surface area contributed by atoms with Gasteiger partial charge in [-0.15, -0.1) is 0 Å². The molecule has 2 aromatic carbocycles. The van der Waals surface area contributed by atoms with Crippen molar-refractivity contribution in [1.82, 2.24) is 0 Å². The van der Waals surface area contributed by atoms with Crippen molar-refractivity contribution in [3.05, 3.63) is 59.2 Å². The van der Waals surface area contributed by atoms with Crippen LogP contribution in [0.2, 0.25) is 0 Å². The van der Waals surface area contributed by atoms with Gasteiger partial charge in [-0.2, -0.15) is 0 Å². The molecule has 0 aliphatic rings. The van der Waals surface area contributed by atoms with Crippen LogP contribution < -0.4 is 9.47 Å². The number of ketones is 1. The van der Waals surface area contributed by atoms with E-state index in [1.807, 2.05) is 49.4 Å². The minimum Gasteiger partial charge on any atom is -0.497 e. The Labute approximate surface area is 125 Å².